The van der Waals surface area contributed by atoms with Crippen molar-refractivity contribution in [2.75, 3.05) is 26.0 Å². The number of fused-ring (bicyclic) bond motifs is 1. The second kappa shape index (κ2) is 6.98. The number of hydrogen-bond acceptors (Lipinski definition) is 5. The second-order valence-corrected chi connectivity index (χ2v) is 7.56. The lowest BCUT2D eigenvalue weighted by Gasteiger charge is -2.22. The number of carbonyl (C=O) groups excluding carboxylic acids is 2. The number of methoxy groups -OCH3 is 1. The van der Waals surface area contributed by atoms with Crippen molar-refractivity contribution in [1.29, 1.82) is 0 Å². The quantitative estimate of drug-likeness (QED) is 0.855. The Kier molecular flexibility index (Phi) is 4.92. The molecule has 0 saturated heterocycles. The fourth-order valence-corrected chi connectivity index (χ4v) is 4.49. The van der Waals surface area contributed by atoms with Crippen LogP contribution in [0.2, 0.25) is 0 Å². The minimum absolute atomic E-state index is 0.199. The number of likely N-dealkylation sites (N-methyl/N-ethyl adjacent to an activating group) is 1. The molecule has 6 heteroatoms. The van der Waals surface area contributed by atoms with Crippen LogP contribution >= 0.6 is 11.3 Å². The van der Waals surface area contributed by atoms with Crippen molar-refractivity contribution in [3.05, 3.63) is 50.9 Å². The van der Waals surface area contributed by atoms with E-state index in [4.69, 9.17) is 4.74 Å². The van der Waals surface area contributed by atoms with Crippen LogP contribution < -0.4 is 5.32 Å². The summed E-state index contributed by atoms with van der Waals surface area (Å²) in [5, 5.41) is 3.52. The molecule has 1 aromatic carbocycles. The van der Waals surface area contributed by atoms with Gasteiger partial charge in [-0.1, -0.05) is 17.7 Å². The summed E-state index contributed by atoms with van der Waals surface area (Å²) in [7, 11) is 3.42. The number of nitrogens with zero attached hydrogens (tertiary/aromatic N) is 1. The Bertz CT molecular complexity index is 841. The zero-order chi connectivity index (χ0) is 18.1. The fraction of sp³-hybridized carbons (Fsp3) is 0.368. The Morgan fingerprint density at radius 2 is 2.04 bits per heavy atom. The number of nitrogens with one attached hydrogen (secondary N) is 1. The summed E-state index contributed by atoms with van der Waals surface area (Å²) in [5.41, 5.74) is 4.15. The van der Waals surface area contributed by atoms with E-state index in [2.05, 4.69) is 10.2 Å². The third-order valence-corrected chi connectivity index (χ3v) is 5.62. The van der Waals surface area contributed by atoms with Crippen molar-refractivity contribution < 1.29 is 14.3 Å². The smallest absolute Gasteiger partial charge is 0.341 e. The van der Waals surface area contributed by atoms with Gasteiger partial charge >= 0.3 is 5.97 Å². The van der Waals surface area contributed by atoms with E-state index in [1.54, 1.807) is 0 Å². The van der Waals surface area contributed by atoms with E-state index in [1.807, 2.05) is 39.1 Å². The van der Waals surface area contributed by atoms with E-state index < -0.39 is 5.97 Å². The molecule has 1 amide bonds. The molecule has 3 rings (SSSR count). The largest absolute Gasteiger partial charge is 0.465 e. The lowest BCUT2D eigenvalue weighted by atomic mass is 10.0. The minimum Gasteiger partial charge on any atom is -0.465 e. The van der Waals surface area contributed by atoms with Crippen LogP contribution in [-0.2, 0) is 17.7 Å². The van der Waals surface area contributed by atoms with Crippen molar-refractivity contribution in [1.82, 2.24) is 4.90 Å². The van der Waals surface area contributed by atoms with Gasteiger partial charge in [0.1, 0.15) is 5.00 Å². The molecule has 1 aliphatic heterocycles. The number of thiophene rings is 1. The molecule has 2 heterocycles. The zero-order valence-corrected chi connectivity index (χ0v) is 15.8. The Hall–Kier alpha value is -2.18. The first-order valence-corrected chi connectivity index (χ1v) is 9.02. The van der Waals surface area contributed by atoms with E-state index in [0.29, 0.717) is 16.1 Å². The average molecular weight is 358 g/mol. The molecule has 0 atom stereocenters. The SMILES string of the molecule is COC(=O)c1c(NC(=O)c2ccc(C)cc2C)sc2c1CCN(C)C2. The standard InChI is InChI=1S/C19H22N2O3S/c1-11-5-6-13(12(2)9-11)17(22)20-18-16(19(23)24-4)14-7-8-21(3)10-15(14)25-18/h5-6,9H,7-8,10H2,1-4H3,(H,20,22). The van der Waals surface area contributed by atoms with Gasteiger partial charge < -0.3 is 15.0 Å². The van der Waals surface area contributed by atoms with Crippen LogP contribution in [0.15, 0.2) is 18.2 Å². The van der Waals surface area contributed by atoms with Gasteiger partial charge in [-0.3, -0.25) is 4.79 Å². The van der Waals surface area contributed by atoms with Gasteiger partial charge in [-0.05, 0) is 44.5 Å². The molecular weight excluding hydrogens is 336 g/mol. The molecule has 0 unspecified atom stereocenters. The van der Waals surface area contributed by atoms with Crippen LogP contribution in [0, 0.1) is 13.8 Å². The zero-order valence-electron chi connectivity index (χ0n) is 14.9. The van der Waals surface area contributed by atoms with Crippen LogP contribution in [0.25, 0.3) is 0 Å². The highest BCUT2D eigenvalue weighted by Gasteiger charge is 2.28. The first-order chi connectivity index (χ1) is 11.9. The number of ether oxygens (including phenoxy) is 1. The number of benzene rings is 1. The molecule has 0 radical (unpaired) electrons. The van der Waals surface area contributed by atoms with Gasteiger partial charge in [-0.25, -0.2) is 4.79 Å². The van der Waals surface area contributed by atoms with Crippen LogP contribution in [0.1, 0.15) is 42.3 Å². The van der Waals surface area contributed by atoms with Crippen molar-refractivity contribution in [2.45, 2.75) is 26.8 Å². The first kappa shape index (κ1) is 17.6. The van der Waals surface area contributed by atoms with Crippen molar-refractivity contribution in [3.8, 4) is 0 Å². The highest BCUT2D eigenvalue weighted by molar-refractivity contribution is 7.17. The van der Waals surface area contributed by atoms with Crippen molar-refractivity contribution in [3.63, 3.8) is 0 Å². The predicted octanol–water partition coefficient (Wildman–Crippen LogP) is 3.39. The Morgan fingerprint density at radius 3 is 2.72 bits per heavy atom. The number of esters is 1. The van der Waals surface area contributed by atoms with Gasteiger partial charge in [0.05, 0.1) is 12.7 Å². The monoisotopic (exact) mass is 358 g/mol. The molecule has 0 spiro atoms. The van der Waals surface area contributed by atoms with E-state index in [1.165, 1.54) is 18.4 Å². The molecular formula is C19H22N2O3S. The molecule has 132 valence electrons. The second-order valence-electron chi connectivity index (χ2n) is 6.46. The normalized spacial score (nSPS) is 14.1. The number of hydrogen-bond donors (Lipinski definition) is 1. The van der Waals surface area contributed by atoms with Gasteiger partial charge in [0.25, 0.3) is 5.91 Å². The van der Waals surface area contributed by atoms with E-state index >= 15 is 0 Å². The number of anilines is 1. The highest BCUT2D eigenvalue weighted by Crippen LogP contribution is 2.37. The molecule has 0 aliphatic carbocycles. The molecule has 5 nitrogen and oxygen atoms in total. The summed E-state index contributed by atoms with van der Waals surface area (Å²) < 4.78 is 4.96. The topological polar surface area (TPSA) is 58.6 Å². The summed E-state index contributed by atoms with van der Waals surface area (Å²) in [6, 6.07) is 5.71. The molecule has 1 N–H and O–H groups in total. The summed E-state index contributed by atoms with van der Waals surface area (Å²) in [4.78, 5) is 28.3. The molecule has 0 bridgehead atoms. The average Bonchev–Trinajstić information content (AvgIpc) is 2.90. The lowest BCUT2D eigenvalue weighted by Crippen LogP contribution is -2.26. The van der Waals surface area contributed by atoms with Crippen LogP contribution in [0.4, 0.5) is 5.00 Å². The van der Waals surface area contributed by atoms with Crippen molar-refractivity contribution >= 4 is 28.2 Å². The maximum absolute atomic E-state index is 12.7. The Labute approximate surface area is 151 Å². The van der Waals surface area contributed by atoms with E-state index in [0.717, 1.165) is 41.1 Å². The predicted molar refractivity (Wildman–Crippen MR) is 99.6 cm³/mol. The minimum atomic E-state index is -0.391. The molecule has 0 fully saturated rings. The molecule has 1 aromatic heterocycles. The van der Waals surface area contributed by atoms with Crippen LogP contribution in [0.5, 0.6) is 0 Å². The molecule has 1 aliphatic rings. The molecule has 2 aromatic rings. The molecule has 0 saturated carbocycles. The number of rotatable bonds is 3. The van der Waals surface area contributed by atoms with Gasteiger partial charge in [0.15, 0.2) is 0 Å². The number of aryl methyl sites for hydroxylation is 2. The molecule has 25 heavy (non-hydrogen) atoms. The number of carbonyl (C=O) groups is 2. The van der Waals surface area contributed by atoms with Gasteiger partial charge in [-0.2, -0.15) is 0 Å². The lowest BCUT2D eigenvalue weighted by molar-refractivity contribution is 0.0600. The summed E-state index contributed by atoms with van der Waals surface area (Å²) >= 11 is 1.47. The number of amides is 1. The third-order valence-electron chi connectivity index (χ3n) is 4.49. The third kappa shape index (κ3) is 3.45. The first-order valence-electron chi connectivity index (χ1n) is 8.20. The van der Waals surface area contributed by atoms with Crippen LogP contribution in [-0.4, -0.2) is 37.5 Å². The van der Waals surface area contributed by atoms with Gasteiger partial charge in [0.2, 0.25) is 0 Å². The summed E-state index contributed by atoms with van der Waals surface area (Å²) in [6.07, 6.45) is 0.784. The summed E-state index contributed by atoms with van der Waals surface area (Å²) in [5.74, 6) is -0.590. The Morgan fingerprint density at radius 1 is 1.28 bits per heavy atom. The van der Waals surface area contributed by atoms with E-state index in [-0.39, 0.29) is 5.91 Å². The van der Waals surface area contributed by atoms with Crippen molar-refractivity contribution in [2.24, 2.45) is 0 Å². The van der Waals surface area contributed by atoms with Gasteiger partial charge in [-0.15, -0.1) is 11.3 Å². The Balaban J connectivity index is 1.96. The highest BCUT2D eigenvalue weighted by atomic mass is 32.1. The summed E-state index contributed by atoms with van der Waals surface area (Å²) in [6.45, 7) is 5.58. The fourth-order valence-electron chi connectivity index (χ4n) is 3.18. The van der Waals surface area contributed by atoms with E-state index in [9.17, 15) is 9.59 Å². The van der Waals surface area contributed by atoms with Crippen LogP contribution in [0.3, 0.4) is 0 Å². The maximum Gasteiger partial charge on any atom is 0.341 e. The maximum atomic E-state index is 12.7. The van der Waals surface area contributed by atoms with Gasteiger partial charge in [0, 0.05) is 23.5 Å².